The van der Waals surface area contributed by atoms with Crippen LogP contribution < -0.4 is 10.9 Å². The molecule has 1 amide bonds. The number of aromatic nitrogens is 1. The molecule has 0 atom stereocenters. The number of hydrogen-bond donors (Lipinski definition) is 1. The number of pyridine rings is 1. The third kappa shape index (κ3) is 4.29. The molecule has 0 radical (unpaired) electrons. The van der Waals surface area contributed by atoms with Crippen molar-refractivity contribution in [2.75, 3.05) is 6.61 Å². The number of esters is 1. The smallest absolute Gasteiger partial charge is 0.356 e. The Morgan fingerprint density at radius 3 is 2.44 bits per heavy atom. The van der Waals surface area contributed by atoms with Gasteiger partial charge in [0.1, 0.15) is 11.5 Å². The molecule has 7 nitrogen and oxygen atoms in total. The average Bonchev–Trinajstić information content (AvgIpc) is 3.33. The molecule has 4 aromatic rings. The molecule has 32 heavy (non-hydrogen) atoms. The van der Waals surface area contributed by atoms with Crippen LogP contribution in [-0.2, 0) is 23.1 Å². The Balaban J connectivity index is 1.68. The van der Waals surface area contributed by atoms with Crippen LogP contribution in [0.15, 0.2) is 76.1 Å². The Labute approximate surface area is 188 Å². The number of furan rings is 1. The van der Waals surface area contributed by atoms with Crippen molar-refractivity contribution in [1.82, 2.24) is 9.88 Å². The van der Waals surface area contributed by atoms with Gasteiger partial charge in [-0.1, -0.05) is 41.9 Å². The summed E-state index contributed by atoms with van der Waals surface area (Å²) in [6.07, 6.45) is 1.50. The second-order valence-corrected chi connectivity index (χ2v) is 7.51. The number of hydrogen-bond acceptors (Lipinski definition) is 5. The zero-order valence-electron chi connectivity index (χ0n) is 17.1. The lowest BCUT2D eigenvalue weighted by atomic mass is 9.97. The maximum absolute atomic E-state index is 13.1. The Bertz CT molecular complexity index is 1340. The lowest BCUT2D eigenvalue weighted by Gasteiger charge is -2.16. The molecule has 8 heteroatoms. The predicted octanol–water partition coefficient (Wildman–Crippen LogP) is 3.93. The molecule has 1 N–H and O–H groups in total. The molecule has 2 aromatic carbocycles. The predicted molar refractivity (Wildman–Crippen MR) is 120 cm³/mol. The van der Waals surface area contributed by atoms with Crippen LogP contribution >= 0.6 is 11.6 Å². The quantitative estimate of drug-likeness (QED) is 0.449. The molecule has 0 aliphatic heterocycles. The first-order valence-electron chi connectivity index (χ1n) is 9.79. The van der Waals surface area contributed by atoms with Gasteiger partial charge in [-0.3, -0.25) is 9.59 Å². The number of nitrogens with one attached hydrogen (secondary N) is 1. The van der Waals surface area contributed by atoms with E-state index < -0.39 is 18.5 Å². The van der Waals surface area contributed by atoms with E-state index in [1.165, 1.54) is 17.9 Å². The number of halogens is 1. The van der Waals surface area contributed by atoms with Gasteiger partial charge in [0.2, 0.25) is 0 Å². The maximum atomic E-state index is 13.1. The van der Waals surface area contributed by atoms with Gasteiger partial charge in [0.15, 0.2) is 6.61 Å². The highest BCUT2D eigenvalue weighted by molar-refractivity contribution is 6.30. The highest BCUT2D eigenvalue weighted by Gasteiger charge is 2.23. The second kappa shape index (κ2) is 9.11. The van der Waals surface area contributed by atoms with E-state index in [0.717, 1.165) is 0 Å². The molecular formula is C24H19ClN2O5. The standard InChI is InChI=1S/C24H19ClN2O5/c1-27-22(24(30)32-14-20(28)26-13-17-5-4-12-31-17)21(15-8-10-16(25)11-9-15)18-6-2-3-7-19(18)23(27)29/h2-12H,13-14H2,1H3,(H,26,28). The van der Waals surface area contributed by atoms with E-state index in [0.29, 0.717) is 32.7 Å². The van der Waals surface area contributed by atoms with E-state index in [4.69, 9.17) is 20.8 Å². The summed E-state index contributed by atoms with van der Waals surface area (Å²) in [5.41, 5.74) is 0.929. The minimum absolute atomic E-state index is 0.0508. The van der Waals surface area contributed by atoms with Crippen molar-refractivity contribution in [2.45, 2.75) is 6.54 Å². The Morgan fingerprint density at radius 2 is 1.75 bits per heavy atom. The zero-order chi connectivity index (χ0) is 22.7. The van der Waals surface area contributed by atoms with Gasteiger partial charge in [-0.2, -0.15) is 0 Å². The van der Waals surface area contributed by atoms with Crippen molar-refractivity contribution in [3.8, 4) is 11.1 Å². The Hall–Kier alpha value is -3.84. The molecule has 0 bridgehead atoms. The molecule has 0 saturated carbocycles. The van der Waals surface area contributed by atoms with Gasteiger partial charge >= 0.3 is 5.97 Å². The van der Waals surface area contributed by atoms with E-state index in [1.54, 1.807) is 60.7 Å². The van der Waals surface area contributed by atoms with E-state index in [1.807, 2.05) is 0 Å². The summed E-state index contributed by atoms with van der Waals surface area (Å²) in [4.78, 5) is 38.1. The van der Waals surface area contributed by atoms with Gasteiger partial charge in [-0.15, -0.1) is 0 Å². The molecule has 0 aliphatic rings. The van der Waals surface area contributed by atoms with Crippen LogP contribution in [-0.4, -0.2) is 23.1 Å². The number of carbonyl (C=O) groups is 2. The van der Waals surface area contributed by atoms with Gasteiger partial charge in [0.05, 0.1) is 12.8 Å². The fourth-order valence-corrected chi connectivity index (χ4v) is 3.59. The van der Waals surface area contributed by atoms with Gasteiger partial charge < -0.3 is 19.0 Å². The zero-order valence-corrected chi connectivity index (χ0v) is 17.9. The second-order valence-electron chi connectivity index (χ2n) is 7.07. The Kier molecular flexibility index (Phi) is 6.09. The number of benzene rings is 2. The van der Waals surface area contributed by atoms with Crippen molar-refractivity contribution in [1.29, 1.82) is 0 Å². The molecular weight excluding hydrogens is 432 g/mol. The molecule has 2 heterocycles. The number of ether oxygens (including phenoxy) is 1. The lowest BCUT2D eigenvalue weighted by Crippen LogP contribution is -2.30. The summed E-state index contributed by atoms with van der Waals surface area (Å²) in [6, 6.07) is 17.4. The highest BCUT2D eigenvalue weighted by Crippen LogP contribution is 2.31. The highest BCUT2D eigenvalue weighted by atomic mass is 35.5. The summed E-state index contributed by atoms with van der Waals surface area (Å²) >= 11 is 6.03. The van der Waals surface area contributed by atoms with Crippen molar-refractivity contribution in [3.63, 3.8) is 0 Å². The van der Waals surface area contributed by atoms with Crippen LogP contribution in [0.3, 0.4) is 0 Å². The topological polar surface area (TPSA) is 90.5 Å². The minimum atomic E-state index is -0.784. The van der Waals surface area contributed by atoms with E-state index >= 15 is 0 Å². The third-order valence-electron chi connectivity index (χ3n) is 5.00. The van der Waals surface area contributed by atoms with E-state index in [9.17, 15) is 14.4 Å². The van der Waals surface area contributed by atoms with E-state index in [-0.39, 0.29) is 17.8 Å². The van der Waals surface area contributed by atoms with Crippen molar-refractivity contribution >= 4 is 34.2 Å². The van der Waals surface area contributed by atoms with Crippen molar-refractivity contribution in [3.05, 3.63) is 93.8 Å². The van der Waals surface area contributed by atoms with Crippen LogP contribution in [0.5, 0.6) is 0 Å². The maximum Gasteiger partial charge on any atom is 0.356 e. The fourth-order valence-electron chi connectivity index (χ4n) is 3.46. The largest absolute Gasteiger partial charge is 0.467 e. The first-order chi connectivity index (χ1) is 15.5. The summed E-state index contributed by atoms with van der Waals surface area (Å²) in [5, 5.41) is 4.22. The molecule has 0 fully saturated rings. The monoisotopic (exact) mass is 450 g/mol. The lowest BCUT2D eigenvalue weighted by molar-refractivity contribution is -0.124. The first kappa shape index (κ1) is 21.4. The van der Waals surface area contributed by atoms with Crippen LogP contribution in [0.4, 0.5) is 0 Å². The SMILES string of the molecule is Cn1c(C(=O)OCC(=O)NCc2ccco2)c(-c2ccc(Cl)cc2)c2ccccc2c1=O. The molecule has 0 aliphatic carbocycles. The van der Waals surface area contributed by atoms with Gasteiger partial charge in [0.25, 0.3) is 11.5 Å². The number of nitrogens with zero attached hydrogens (tertiary/aromatic N) is 1. The first-order valence-corrected chi connectivity index (χ1v) is 10.2. The van der Waals surface area contributed by atoms with Gasteiger partial charge in [0, 0.05) is 23.0 Å². The number of fused-ring (bicyclic) bond motifs is 1. The number of rotatable bonds is 6. The molecule has 0 unspecified atom stereocenters. The number of carbonyl (C=O) groups excluding carboxylic acids is 2. The minimum Gasteiger partial charge on any atom is -0.467 e. The van der Waals surface area contributed by atoms with Crippen molar-refractivity contribution < 1.29 is 18.7 Å². The summed E-state index contributed by atoms with van der Waals surface area (Å²) in [7, 11) is 1.50. The summed E-state index contributed by atoms with van der Waals surface area (Å²) < 4.78 is 11.7. The molecule has 4 rings (SSSR count). The average molecular weight is 451 g/mol. The van der Waals surface area contributed by atoms with Gasteiger partial charge in [-0.05, 0) is 41.3 Å². The summed E-state index contributed by atoms with van der Waals surface area (Å²) in [6.45, 7) is -0.325. The van der Waals surface area contributed by atoms with Crippen LogP contribution in [0, 0.1) is 0 Å². The molecule has 0 spiro atoms. The van der Waals surface area contributed by atoms with Crippen LogP contribution in [0.2, 0.25) is 5.02 Å². The van der Waals surface area contributed by atoms with Crippen LogP contribution in [0.1, 0.15) is 16.2 Å². The molecule has 162 valence electrons. The molecule has 2 aromatic heterocycles. The number of amides is 1. The molecule has 0 saturated heterocycles. The Morgan fingerprint density at radius 1 is 1.03 bits per heavy atom. The van der Waals surface area contributed by atoms with Crippen LogP contribution in [0.25, 0.3) is 21.9 Å². The van der Waals surface area contributed by atoms with Gasteiger partial charge in [-0.25, -0.2) is 4.79 Å². The summed E-state index contributed by atoms with van der Waals surface area (Å²) in [5.74, 6) is -0.700. The van der Waals surface area contributed by atoms with E-state index in [2.05, 4.69) is 5.32 Å². The fraction of sp³-hybridized carbons (Fsp3) is 0.125. The normalized spacial score (nSPS) is 10.8. The third-order valence-corrected chi connectivity index (χ3v) is 5.26. The van der Waals surface area contributed by atoms with Crippen molar-refractivity contribution in [2.24, 2.45) is 7.05 Å².